The number of nitrogens with one attached hydrogen (secondary N) is 2. The van der Waals surface area contributed by atoms with Crippen molar-refractivity contribution >= 4 is 11.8 Å². The van der Waals surface area contributed by atoms with Gasteiger partial charge in [0.05, 0.1) is 0 Å². The van der Waals surface area contributed by atoms with E-state index in [-0.39, 0.29) is 24.3 Å². The summed E-state index contributed by atoms with van der Waals surface area (Å²) in [6, 6.07) is 0.0679. The normalized spacial score (nSPS) is 18.0. The lowest BCUT2D eigenvalue weighted by Crippen LogP contribution is -2.45. The summed E-state index contributed by atoms with van der Waals surface area (Å²) in [4.78, 5) is 28.1. The number of amides is 2. The van der Waals surface area contributed by atoms with Crippen LogP contribution in [0.15, 0.2) is 4.52 Å². The Hall–Kier alpha value is -1.96. The smallest absolute Gasteiger partial charge is 0.227 e. The van der Waals surface area contributed by atoms with E-state index < -0.39 is 5.54 Å². The minimum absolute atomic E-state index is 0.0589. The largest absolute Gasteiger partial charge is 0.356 e. The summed E-state index contributed by atoms with van der Waals surface area (Å²) in [5, 5.41) is 10.0. The van der Waals surface area contributed by atoms with Crippen LogP contribution in [0.1, 0.15) is 76.9 Å². The van der Waals surface area contributed by atoms with Gasteiger partial charge in [0.15, 0.2) is 5.82 Å². The molecule has 1 unspecified atom stereocenters. The number of hydrogen-bond acceptors (Lipinski definition) is 6. The van der Waals surface area contributed by atoms with Crippen LogP contribution >= 0.6 is 0 Å². The molecule has 1 atom stereocenters. The van der Waals surface area contributed by atoms with Gasteiger partial charge in [-0.3, -0.25) is 9.59 Å². The molecular formula is C18H31N5O3. The highest BCUT2D eigenvalue weighted by Gasteiger charge is 2.38. The minimum atomic E-state index is -0.552. The van der Waals surface area contributed by atoms with Crippen LogP contribution < -0.4 is 16.4 Å². The van der Waals surface area contributed by atoms with Crippen molar-refractivity contribution in [1.82, 2.24) is 20.8 Å². The third-order valence-corrected chi connectivity index (χ3v) is 4.76. The van der Waals surface area contributed by atoms with Gasteiger partial charge in [0.1, 0.15) is 5.54 Å². The van der Waals surface area contributed by atoms with Crippen LogP contribution in [0.4, 0.5) is 0 Å². The first-order valence-electron chi connectivity index (χ1n) is 9.55. The van der Waals surface area contributed by atoms with Crippen LogP contribution in [0.3, 0.4) is 0 Å². The fourth-order valence-electron chi connectivity index (χ4n) is 3.37. The number of aromatic nitrogens is 2. The van der Waals surface area contributed by atoms with Crippen LogP contribution in [0.2, 0.25) is 0 Å². The van der Waals surface area contributed by atoms with Crippen LogP contribution in [0, 0.1) is 0 Å². The first kappa shape index (κ1) is 20.4. The standard InChI is InChI=1S/C18H31N5O3/c1-13(19)9-12-20-15(25)7-8-16-21-17(23-26-16)18(22-14(2)24)10-5-3-4-6-11-18/h13H,3-12,19H2,1-2H3,(H,20,25)(H,22,24). The summed E-state index contributed by atoms with van der Waals surface area (Å²) in [6.07, 6.45) is 7.36. The molecule has 0 aliphatic heterocycles. The Morgan fingerprint density at radius 1 is 1.27 bits per heavy atom. The SMILES string of the molecule is CC(=O)NC1(c2noc(CCC(=O)NCCC(C)N)n2)CCCCCC1. The molecule has 0 aromatic carbocycles. The lowest BCUT2D eigenvalue weighted by Gasteiger charge is -2.30. The molecule has 0 saturated heterocycles. The highest BCUT2D eigenvalue weighted by molar-refractivity contribution is 5.76. The molecule has 26 heavy (non-hydrogen) atoms. The van der Waals surface area contributed by atoms with Gasteiger partial charge in [-0.15, -0.1) is 0 Å². The Bertz CT molecular complexity index is 591. The molecule has 4 N–H and O–H groups in total. The Balaban J connectivity index is 1.95. The second-order valence-electron chi connectivity index (χ2n) is 7.31. The van der Waals surface area contributed by atoms with Gasteiger partial charge in [-0.05, 0) is 26.2 Å². The molecule has 1 aliphatic carbocycles. The third-order valence-electron chi connectivity index (χ3n) is 4.76. The molecule has 1 fully saturated rings. The number of carbonyl (C=O) groups is 2. The second kappa shape index (κ2) is 9.66. The molecule has 1 saturated carbocycles. The van der Waals surface area contributed by atoms with Gasteiger partial charge in [0.25, 0.3) is 0 Å². The van der Waals surface area contributed by atoms with Crippen molar-refractivity contribution in [3.8, 4) is 0 Å². The maximum atomic E-state index is 11.9. The van der Waals surface area contributed by atoms with Gasteiger partial charge in [0, 0.05) is 32.4 Å². The molecule has 0 spiro atoms. The molecule has 1 aromatic heterocycles. The Kier molecular flexibility index (Phi) is 7.56. The lowest BCUT2D eigenvalue weighted by atomic mass is 9.89. The van der Waals surface area contributed by atoms with Crippen molar-refractivity contribution < 1.29 is 14.1 Å². The maximum Gasteiger partial charge on any atom is 0.227 e. The van der Waals surface area contributed by atoms with Crippen molar-refractivity contribution in [3.05, 3.63) is 11.7 Å². The van der Waals surface area contributed by atoms with E-state index in [2.05, 4.69) is 20.8 Å². The topological polar surface area (TPSA) is 123 Å². The van der Waals surface area contributed by atoms with E-state index in [1.54, 1.807) is 0 Å². The first-order chi connectivity index (χ1) is 12.4. The number of nitrogens with zero attached hydrogens (tertiary/aromatic N) is 2. The van der Waals surface area contributed by atoms with Gasteiger partial charge in [-0.25, -0.2) is 0 Å². The van der Waals surface area contributed by atoms with Crippen molar-refractivity contribution in [2.24, 2.45) is 5.73 Å². The zero-order chi connectivity index (χ0) is 19.0. The van der Waals surface area contributed by atoms with Gasteiger partial charge in [-0.1, -0.05) is 30.8 Å². The van der Waals surface area contributed by atoms with E-state index in [1.807, 2.05) is 6.92 Å². The van der Waals surface area contributed by atoms with E-state index in [4.69, 9.17) is 10.3 Å². The fraction of sp³-hybridized carbons (Fsp3) is 0.778. The van der Waals surface area contributed by atoms with Crippen molar-refractivity contribution in [2.45, 2.75) is 83.2 Å². The molecule has 1 aliphatic rings. The summed E-state index contributed by atoms with van der Waals surface area (Å²) in [5.74, 6) is 0.807. The van der Waals surface area contributed by atoms with E-state index in [0.717, 1.165) is 44.9 Å². The monoisotopic (exact) mass is 365 g/mol. The van der Waals surface area contributed by atoms with Crippen LogP contribution in [0.5, 0.6) is 0 Å². The highest BCUT2D eigenvalue weighted by Crippen LogP contribution is 2.34. The number of carbonyl (C=O) groups excluding carboxylic acids is 2. The van der Waals surface area contributed by atoms with Crippen LogP contribution in [-0.2, 0) is 21.5 Å². The highest BCUT2D eigenvalue weighted by atomic mass is 16.5. The summed E-state index contributed by atoms with van der Waals surface area (Å²) in [5.41, 5.74) is 5.11. The number of rotatable bonds is 8. The van der Waals surface area contributed by atoms with E-state index in [0.29, 0.717) is 24.7 Å². The zero-order valence-corrected chi connectivity index (χ0v) is 15.8. The van der Waals surface area contributed by atoms with Gasteiger partial charge in [-0.2, -0.15) is 4.98 Å². The van der Waals surface area contributed by atoms with Crippen LogP contribution in [0.25, 0.3) is 0 Å². The molecular weight excluding hydrogens is 334 g/mol. The lowest BCUT2D eigenvalue weighted by molar-refractivity contribution is -0.122. The van der Waals surface area contributed by atoms with Crippen LogP contribution in [-0.4, -0.2) is 34.5 Å². The van der Waals surface area contributed by atoms with Crippen molar-refractivity contribution in [3.63, 3.8) is 0 Å². The average Bonchev–Trinajstić information content (AvgIpc) is 2.93. The fourth-order valence-corrected chi connectivity index (χ4v) is 3.37. The maximum absolute atomic E-state index is 11.9. The number of nitrogens with two attached hydrogens (primary N) is 1. The summed E-state index contributed by atoms with van der Waals surface area (Å²) in [6.45, 7) is 3.99. The summed E-state index contributed by atoms with van der Waals surface area (Å²) >= 11 is 0. The van der Waals surface area contributed by atoms with Crippen molar-refractivity contribution in [2.75, 3.05) is 6.54 Å². The molecule has 1 heterocycles. The molecule has 8 nitrogen and oxygen atoms in total. The quantitative estimate of drug-likeness (QED) is 0.601. The third kappa shape index (κ3) is 6.09. The minimum Gasteiger partial charge on any atom is -0.356 e. The molecule has 0 bridgehead atoms. The number of aryl methyl sites for hydroxylation is 1. The Labute approximate surface area is 154 Å². The predicted molar refractivity (Wildman–Crippen MR) is 97.1 cm³/mol. The summed E-state index contributed by atoms with van der Waals surface area (Å²) in [7, 11) is 0. The number of hydrogen-bond donors (Lipinski definition) is 3. The molecule has 1 aromatic rings. The second-order valence-corrected chi connectivity index (χ2v) is 7.31. The summed E-state index contributed by atoms with van der Waals surface area (Å²) < 4.78 is 5.35. The average molecular weight is 365 g/mol. The molecule has 8 heteroatoms. The van der Waals surface area contributed by atoms with Gasteiger partial charge < -0.3 is 20.9 Å². The van der Waals surface area contributed by atoms with E-state index in [1.165, 1.54) is 6.92 Å². The predicted octanol–water partition coefficient (Wildman–Crippen LogP) is 1.54. The van der Waals surface area contributed by atoms with Crippen molar-refractivity contribution in [1.29, 1.82) is 0 Å². The van der Waals surface area contributed by atoms with E-state index >= 15 is 0 Å². The molecule has 146 valence electrons. The molecule has 2 rings (SSSR count). The molecule has 0 radical (unpaired) electrons. The Morgan fingerprint density at radius 2 is 1.96 bits per heavy atom. The van der Waals surface area contributed by atoms with Gasteiger partial charge in [0.2, 0.25) is 17.7 Å². The van der Waals surface area contributed by atoms with Gasteiger partial charge >= 0.3 is 0 Å². The van der Waals surface area contributed by atoms with E-state index in [9.17, 15) is 9.59 Å². The first-order valence-corrected chi connectivity index (χ1v) is 9.55. The Morgan fingerprint density at radius 3 is 2.58 bits per heavy atom. The zero-order valence-electron chi connectivity index (χ0n) is 15.8. The molecule has 2 amide bonds.